The number of piperidine rings is 1. The molecular weight excluding hydrogens is 319 g/mol. The average molecular weight is 338 g/mol. The Morgan fingerprint density at radius 1 is 1.08 bits per heavy atom. The third kappa shape index (κ3) is 2.89. The molecule has 1 saturated heterocycles. The second-order valence-corrected chi connectivity index (χ2v) is 6.41. The molecule has 0 bridgehead atoms. The Morgan fingerprint density at radius 2 is 1.80 bits per heavy atom. The predicted octanol–water partition coefficient (Wildman–Crippen LogP) is 2.45. The van der Waals surface area contributed by atoms with Gasteiger partial charge in [-0.1, -0.05) is 18.2 Å². The molecule has 0 radical (unpaired) electrons. The monoisotopic (exact) mass is 338 g/mol. The molecule has 1 aliphatic rings. The van der Waals surface area contributed by atoms with Crippen LogP contribution in [0.1, 0.15) is 12.8 Å². The molecule has 2 aromatic carbocycles. The van der Waals surface area contributed by atoms with Gasteiger partial charge in [0.2, 0.25) is 0 Å². The maximum absolute atomic E-state index is 13.2. The third-order valence-corrected chi connectivity index (χ3v) is 4.61. The molecule has 1 atom stereocenters. The summed E-state index contributed by atoms with van der Waals surface area (Å²) in [6.45, 7) is 1.56. The van der Waals surface area contributed by atoms with Gasteiger partial charge < -0.3 is 10.6 Å². The molecule has 4 rings (SSSR count). The molecule has 1 aliphatic heterocycles. The van der Waals surface area contributed by atoms with Crippen molar-refractivity contribution in [3.63, 3.8) is 0 Å². The second kappa shape index (κ2) is 6.29. The zero-order valence-electron chi connectivity index (χ0n) is 13.7. The molecule has 0 spiro atoms. The Labute approximate surface area is 144 Å². The van der Waals surface area contributed by atoms with E-state index in [2.05, 4.69) is 10.00 Å². The lowest BCUT2D eigenvalue weighted by Gasteiger charge is -2.32. The van der Waals surface area contributed by atoms with Crippen molar-refractivity contribution in [1.82, 2.24) is 9.78 Å². The molecule has 25 heavy (non-hydrogen) atoms. The summed E-state index contributed by atoms with van der Waals surface area (Å²) >= 11 is 0. The number of benzene rings is 2. The van der Waals surface area contributed by atoms with Crippen molar-refractivity contribution >= 4 is 16.6 Å². The van der Waals surface area contributed by atoms with Crippen molar-refractivity contribution < 1.29 is 4.39 Å². The van der Waals surface area contributed by atoms with Crippen LogP contribution in [0, 0.1) is 5.82 Å². The number of hydrogen-bond acceptors (Lipinski definition) is 4. The second-order valence-electron chi connectivity index (χ2n) is 6.41. The van der Waals surface area contributed by atoms with E-state index in [9.17, 15) is 9.18 Å². The van der Waals surface area contributed by atoms with Gasteiger partial charge in [-0.3, -0.25) is 4.79 Å². The molecule has 0 aliphatic carbocycles. The summed E-state index contributed by atoms with van der Waals surface area (Å²) in [5, 5.41) is 6.02. The number of nitrogens with zero attached hydrogens (tertiary/aromatic N) is 3. The fourth-order valence-corrected chi connectivity index (χ4v) is 3.37. The minimum absolute atomic E-state index is 0.0977. The van der Waals surface area contributed by atoms with Crippen LogP contribution in [0.15, 0.2) is 53.3 Å². The number of nitrogens with two attached hydrogens (primary N) is 1. The quantitative estimate of drug-likeness (QED) is 0.779. The van der Waals surface area contributed by atoms with E-state index in [1.165, 1.54) is 16.8 Å². The van der Waals surface area contributed by atoms with Gasteiger partial charge in [-0.05, 0) is 43.2 Å². The summed E-state index contributed by atoms with van der Waals surface area (Å²) < 4.78 is 14.6. The highest BCUT2D eigenvalue weighted by Gasteiger charge is 2.22. The van der Waals surface area contributed by atoms with Crippen molar-refractivity contribution in [2.75, 3.05) is 18.0 Å². The highest BCUT2D eigenvalue weighted by atomic mass is 19.1. The van der Waals surface area contributed by atoms with Gasteiger partial charge in [0.15, 0.2) is 5.82 Å². The Bertz CT molecular complexity index is 967. The van der Waals surface area contributed by atoms with Crippen LogP contribution in [-0.2, 0) is 0 Å². The van der Waals surface area contributed by atoms with Crippen LogP contribution in [0.2, 0.25) is 0 Å². The maximum Gasteiger partial charge on any atom is 0.279 e. The third-order valence-electron chi connectivity index (χ3n) is 4.61. The predicted molar refractivity (Wildman–Crippen MR) is 96.7 cm³/mol. The van der Waals surface area contributed by atoms with Crippen molar-refractivity contribution in [3.05, 3.63) is 64.7 Å². The zero-order valence-corrected chi connectivity index (χ0v) is 13.7. The summed E-state index contributed by atoms with van der Waals surface area (Å²) in [5.74, 6) is 0.398. The first-order valence-electron chi connectivity index (χ1n) is 8.42. The van der Waals surface area contributed by atoms with Crippen LogP contribution in [0.4, 0.5) is 10.2 Å². The van der Waals surface area contributed by atoms with E-state index in [0.29, 0.717) is 17.6 Å². The van der Waals surface area contributed by atoms with E-state index in [1.807, 2.05) is 18.2 Å². The van der Waals surface area contributed by atoms with Crippen LogP contribution >= 0.6 is 0 Å². The minimum Gasteiger partial charge on any atom is -0.353 e. The lowest BCUT2D eigenvalue weighted by Crippen LogP contribution is -2.44. The SMILES string of the molecule is NC1CCCN(c2nn(-c3ccc(F)cc3)c(=O)c3ccccc23)C1. The van der Waals surface area contributed by atoms with Gasteiger partial charge in [0, 0.05) is 24.5 Å². The smallest absolute Gasteiger partial charge is 0.279 e. The van der Waals surface area contributed by atoms with Crippen LogP contribution in [0.5, 0.6) is 0 Å². The fraction of sp³-hybridized carbons (Fsp3) is 0.263. The number of fused-ring (bicyclic) bond motifs is 1. The standard InChI is InChI=1S/C19H19FN4O/c20-13-7-9-15(10-8-13)24-19(25)17-6-2-1-5-16(17)18(22-24)23-11-3-4-14(21)12-23/h1-2,5-10,14H,3-4,11-12,21H2. The van der Waals surface area contributed by atoms with Crippen LogP contribution < -0.4 is 16.2 Å². The molecule has 1 aromatic heterocycles. The minimum atomic E-state index is -0.347. The fourth-order valence-electron chi connectivity index (χ4n) is 3.37. The first-order valence-corrected chi connectivity index (χ1v) is 8.42. The van der Waals surface area contributed by atoms with Crippen molar-refractivity contribution in [3.8, 4) is 5.69 Å². The van der Waals surface area contributed by atoms with Crippen molar-refractivity contribution in [1.29, 1.82) is 0 Å². The molecule has 128 valence electrons. The summed E-state index contributed by atoms with van der Waals surface area (Å²) in [5.41, 5.74) is 6.45. The highest BCUT2D eigenvalue weighted by molar-refractivity contribution is 5.91. The lowest BCUT2D eigenvalue weighted by atomic mass is 10.1. The number of hydrogen-bond donors (Lipinski definition) is 1. The van der Waals surface area contributed by atoms with E-state index in [-0.39, 0.29) is 17.4 Å². The Kier molecular flexibility index (Phi) is 3.97. The summed E-state index contributed by atoms with van der Waals surface area (Å²) in [4.78, 5) is 15.0. The molecule has 1 fully saturated rings. The van der Waals surface area contributed by atoms with Gasteiger partial charge in [-0.25, -0.2) is 4.39 Å². The molecule has 6 heteroatoms. The Morgan fingerprint density at radius 3 is 2.52 bits per heavy atom. The molecule has 0 saturated carbocycles. The van der Waals surface area contributed by atoms with Crippen LogP contribution in [-0.4, -0.2) is 28.9 Å². The van der Waals surface area contributed by atoms with Gasteiger partial charge in [0.1, 0.15) is 5.82 Å². The molecule has 2 N–H and O–H groups in total. The molecule has 1 unspecified atom stereocenters. The van der Waals surface area contributed by atoms with Crippen LogP contribution in [0.25, 0.3) is 16.5 Å². The molecule has 5 nitrogen and oxygen atoms in total. The summed E-state index contributed by atoms with van der Waals surface area (Å²) in [6, 6.07) is 13.3. The van der Waals surface area contributed by atoms with Gasteiger partial charge >= 0.3 is 0 Å². The summed E-state index contributed by atoms with van der Waals surface area (Å²) in [6.07, 6.45) is 1.99. The first kappa shape index (κ1) is 15.8. The zero-order chi connectivity index (χ0) is 17.4. The Hall–Kier alpha value is -2.73. The summed E-state index contributed by atoms with van der Waals surface area (Å²) in [7, 11) is 0. The molecule has 2 heterocycles. The van der Waals surface area contributed by atoms with Crippen molar-refractivity contribution in [2.45, 2.75) is 18.9 Å². The first-order chi connectivity index (χ1) is 12.1. The number of halogens is 1. The van der Waals surface area contributed by atoms with E-state index in [4.69, 9.17) is 5.73 Å². The van der Waals surface area contributed by atoms with Crippen LogP contribution in [0.3, 0.4) is 0 Å². The highest BCUT2D eigenvalue weighted by Crippen LogP contribution is 2.25. The molecular formula is C19H19FN4O. The van der Waals surface area contributed by atoms with Crippen molar-refractivity contribution in [2.24, 2.45) is 5.73 Å². The van der Waals surface area contributed by atoms with E-state index >= 15 is 0 Å². The van der Waals surface area contributed by atoms with E-state index in [0.717, 1.165) is 30.6 Å². The van der Waals surface area contributed by atoms with Gasteiger partial charge in [0.25, 0.3) is 5.56 Å². The Balaban J connectivity index is 1.94. The maximum atomic E-state index is 13.2. The number of aromatic nitrogens is 2. The van der Waals surface area contributed by atoms with Gasteiger partial charge in [-0.15, -0.1) is 5.10 Å². The average Bonchev–Trinajstić information content (AvgIpc) is 2.63. The number of rotatable bonds is 2. The lowest BCUT2D eigenvalue weighted by molar-refractivity contribution is 0.501. The number of anilines is 1. The largest absolute Gasteiger partial charge is 0.353 e. The topological polar surface area (TPSA) is 64.2 Å². The van der Waals surface area contributed by atoms with Gasteiger partial charge in [-0.2, -0.15) is 4.68 Å². The van der Waals surface area contributed by atoms with Gasteiger partial charge in [0.05, 0.1) is 11.1 Å². The van der Waals surface area contributed by atoms with E-state index in [1.54, 1.807) is 18.2 Å². The molecule has 3 aromatic rings. The van der Waals surface area contributed by atoms with E-state index < -0.39 is 0 Å². The normalized spacial score (nSPS) is 17.8. The molecule has 0 amide bonds.